The summed E-state index contributed by atoms with van der Waals surface area (Å²) in [6.07, 6.45) is 0. The summed E-state index contributed by atoms with van der Waals surface area (Å²) in [5.74, 6) is 1.31. The predicted octanol–water partition coefficient (Wildman–Crippen LogP) is 3.22. The maximum atomic E-state index is 5.97. The molecule has 0 amide bonds. The molecule has 0 bridgehead atoms. The van der Waals surface area contributed by atoms with E-state index in [-0.39, 0.29) is 0 Å². The third kappa shape index (κ3) is 2.44. The number of anilines is 2. The molecule has 3 rings (SSSR count). The van der Waals surface area contributed by atoms with Crippen molar-refractivity contribution in [1.29, 1.82) is 0 Å². The second-order valence-electron chi connectivity index (χ2n) is 4.86. The Hall–Kier alpha value is -2.14. The normalized spacial score (nSPS) is 10.9. The highest BCUT2D eigenvalue weighted by Crippen LogP contribution is 2.23. The van der Waals surface area contributed by atoms with Crippen LogP contribution in [-0.2, 0) is 6.54 Å². The summed E-state index contributed by atoms with van der Waals surface area (Å²) in [6, 6.07) is 10.4. The van der Waals surface area contributed by atoms with E-state index in [1.165, 1.54) is 5.56 Å². The zero-order chi connectivity index (χ0) is 14.1. The standard InChI is InChI=1S/C15H16N4S/c1-10-3-5-11(6-4-10)19(2)9-13-17-14(16)12-7-8-20-15(12)18-13/h3-8H,9H2,1-2H3,(H2,16,17,18). The lowest BCUT2D eigenvalue weighted by Crippen LogP contribution is -2.18. The van der Waals surface area contributed by atoms with Crippen LogP contribution in [0.1, 0.15) is 11.4 Å². The molecule has 1 aromatic carbocycles. The number of nitrogen functional groups attached to an aromatic ring is 1. The quantitative estimate of drug-likeness (QED) is 0.802. The summed E-state index contributed by atoms with van der Waals surface area (Å²) in [5.41, 5.74) is 8.37. The Labute approximate surface area is 121 Å². The number of hydrogen-bond donors (Lipinski definition) is 1. The van der Waals surface area contributed by atoms with Gasteiger partial charge >= 0.3 is 0 Å². The maximum Gasteiger partial charge on any atom is 0.151 e. The summed E-state index contributed by atoms with van der Waals surface area (Å²) in [6.45, 7) is 2.72. The second-order valence-corrected chi connectivity index (χ2v) is 5.75. The van der Waals surface area contributed by atoms with Gasteiger partial charge in [0.2, 0.25) is 0 Å². The van der Waals surface area contributed by atoms with Gasteiger partial charge in [-0.2, -0.15) is 0 Å². The van der Waals surface area contributed by atoms with Crippen LogP contribution in [0.15, 0.2) is 35.7 Å². The monoisotopic (exact) mass is 284 g/mol. The molecule has 0 atom stereocenters. The van der Waals surface area contributed by atoms with Crippen molar-refractivity contribution in [2.75, 3.05) is 17.7 Å². The van der Waals surface area contributed by atoms with Gasteiger partial charge in [-0.05, 0) is 30.5 Å². The minimum atomic E-state index is 0.559. The van der Waals surface area contributed by atoms with Crippen LogP contribution in [-0.4, -0.2) is 17.0 Å². The van der Waals surface area contributed by atoms with E-state index in [1.807, 2.05) is 18.5 Å². The molecule has 5 heteroatoms. The number of aromatic nitrogens is 2. The van der Waals surface area contributed by atoms with Gasteiger partial charge < -0.3 is 10.6 Å². The molecule has 0 saturated carbocycles. The smallest absolute Gasteiger partial charge is 0.151 e. The van der Waals surface area contributed by atoms with Gasteiger partial charge in [0.15, 0.2) is 5.82 Å². The molecule has 0 unspecified atom stereocenters. The summed E-state index contributed by atoms with van der Waals surface area (Å²) in [5, 5.41) is 2.93. The highest BCUT2D eigenvalue weighted by molar-refractivity contribution is 7.16. The molecule has 2 N–H and O–H groups in total. The van der Waals surface area contributed by atoms with Gasteiger partial charge in [0, 0.05) is 12.7 Å². The first-order valence-electron chi connectivity index (χ1n) is 6.41. The number of nitrogens with zero attached hydrogens (tertiary/aromatic N) is 3. The van der Waals surface area contributed by atoms with Crippen LogP contribution < -0.4 is 10.6 Å². The van der Waals surface area contributed by atoms with Crippen molar-refractivity contribution in [2.45, 2.75) is 13.5 Å². The molecule has 3 aromatic rings. The van der Waals surface area contributed by atoms with Crippen LogP contribution >= 0.6 is 11.3 Å². The van der Waals surface area contributed by atoms with Gasteiger partial charge in [-0.3, -0.25) is 0 Å². The van der Waals surface area contributed by atoms with Crippen LogP contribution in [0.25, 0.3) is 10.2 Å². The number of fused-ring (bicyclic) bond motifs is 1. The number of rotatable bonds is 3. The molecule has 0 fully saturated rings. The van der Waals surface area contributed by atoms with E-state index in [4.69, 9.17) is 5.73 Å². The minimum absolute atomic E-state index is 0.559. The van der Waals surface area contributed by atoms with Crippen LogP contribution in [0.2, 0.25) is 0 Å². The maximum absolute atomic E-state index is 5.97. The summed E-state index contributed by atoms with van der Waals surface area (Å²) >= 11 is 1.59. The number of benzene rings is 1. The predicted molar refractivity (Wildman–Crippen MR) is 85.1 cm³/mol. The van der Waals surface area contributed by atoms with Gasteiger partial charge in [-0.1, -0.05) is 17.7 Å². The van der Waals surface area contributed by atoms with Crippen molar-refractivity contribution < 1.29 is 0 Å². The van der Waals surface area contributed by atoms with Gasteiger partial charge in [-0.15, -0.1) is 11.3 Å². The fourth-order valence-electron chi connectivity index (χ4n) is 2.10. The first-order valence-corrected chi connectivity index (χ1v) is 7.29. The van der Waals surface area contributed by atoms with E-state index >= 15 is 0 Å². The Balaban J connectivity index is 1.86. The Kier molecular flexibility index (Phi) is 3.28. The topological polar surface area (TPSA) is 55.0 Å². The zero-order valence-corrected chi connectivity index (χ0v) is 12.3. The molecule has 2 heterocycles. The van der Waals surface area contributed by atoms with E-state index in [0.29, 0.717) is 12.4 Å². The van der Waals surface area contributed by atoms with Gasteiger partial charge in [0.05, 0.1) is 11.9 Å². The average molecular weight is 284 g/mol. The highest BCUT2D eigenvalue weighted by atomic mass is 32.1. The Morgan fingerprint density at radius 3 is 2.65 bits per heavy atom. The number of aryl methyl sites for hydroxylation is 1. The lowest BCUT2D eigenvalue weighted by atomic mass is 10.2. The van der Waals surface area contributed by atoms with E-state index in [9.17, 15) is 0 Å². The molecule has 2 aromatic heterocycles. The number of thiophene rings is 1. The molecule has 20 heavy (non-hydrogen) atoms. The fourth-order valence-corrected chi connectivity index (χ4v) is 2.89. The first-order chi connectivity index (χ1) is 9.63. The fraction of sp³-hybridized carbons (Fsp3) is 0.200. The highest BCUT2D eigenvalue weighted by Gasteiger charge is 2.09. The Bertz CT molecular complexity index is 733. The molecule has 0 spiro atoms. The zero-order valence-electron chi connectivity index (χ0n) is 11.5. The molecule has 0 aliphatic carbocycles. The lowest BCUT2D eigenvalue weighted by molar-refractivity contribution is 0.851. The van der Waals surface area contributed by atoms with Gasteiger partial charge in [0.25, 0.3) is 0 Å². The van der Waals surface area contributed by atoms with E-state index < -0.39 is 0 Å². The molecular weight excluding hydrogens is 268 g/mol. The average Bonchev–Trinajstić information content (AvgIpc) is 2.88. The minimum Gasteiger partial charge on any atom is -0.383 e. The largest absolute Gasteiger partial charge is 0.383 e. The molecule has 0 aliphatic heterocycles. The molecule has 0 aliphatic rings. The van der Waals surface area contributed by atoms with Gasteiger partial charge in [0.1, 0.15) is 10.6 Å². The van der Waals surface area contributed by atoms with Crippen LogP contribution in [0, 0.1) is 6.92 Å². The van der Waals surface area contributed by atoms with Crippen LogP contribution in [0.5, 0.6) is 0 Å². The van der Waals surface area contributed by atoms with Gasteiger partial charge in [-0.25, -0.2) is 9.97 Å². The van der Waals surface area contributed by atoms with E-state index in [0.717, 1.165) is 21.7 Å². The van der Waals surface area contributed by atoms with Crippen molar-refractivity contribution >= 4 is 33.1 Å². The molecule has 0 saturated heterocycles. The lowest BCUT2D eigenvalue weighted by Gasteiger charge is -2.18. The van der Waals surface area contributed by atoms with Crippen LogP contribution in [0.3, 0.4) is 0 Å². The molecule has 4 nitrogen and oxygen atoms in total. The van der Waals surface area contributed by atoms with Crippen molar-refractivity contribution in [2.24, 2.45) is 0 Å². The summed E-state index contributed by atoms with van der Waals surface area (Å²) < 4.78 is 0. The van der Waals surface area contributed by atoms with Crippen LogP contribution in [0.4, 0.5) is 11.5 Å². The summed E-state index contributed by atoms with van der Waals surface area (Å²) in [7, 11) is 2.03. The number of hydrogen-bond acceptors (Lipinski definition) is 5. The number of nitrogens with two attached hydrogens (primary N) is 1. The summed E-state index contributed by atoms with van der Waals surface area (Å²) in [4.78, 5) is 12.0. The van der Waals surface area contributed by atoms with E-state index in [2.05, 4.69) is 46.1 Å². The van der Waals surface area contributed by atoms with Crippen molar-refractivity contribution in [3.8, 4) is 0 Å². The third-order valence-electron chi connectivity index (χ3n) is 3.25. The SMILES string of the molecule is Cc1ccc(N(C)Cc2nc(N)c3ccsc3n2)cc1. The Morgan fingerprint density at radius 1 is 1.15 bits per heavy atom. The molecule has 0 radical (unpaired) electrons. The van der Waals surface area contributed by atoms with E-state index in [1.54, 1.807) is 11.3 Å². The van der Waals surface area contributed by atoms with Crippen molar-refractivity contribution in [3.05, 3.63) is 47.1 Å². The molecular formula is C15H16N4S. The first kappa shape index (κ1) is 12.9. The van der Waals surface area contributed by atoms with Crippen molar-refractivity contribution in [3.63, 3.8) is 0 Å². The molecule has 102 valence electrons. The third-order valence-corrected chi connectivity index (χ3v) is 4.06. The second kappa shape index (κ2) is 5.09. The Morgan fingerprint density at radius 2 is 1.90 bits per heavy atom. The van der Waals surface area contributed by atoms with Crippen molar-refractivity contribution in [1.82, 2.24) is 9.97 Å².